The molecular weight excluding hydrogens is 514 g/mol. The van der Waals surface area contributed by atoms with Gasteiger partial charge in [0.25, 0.3) is 0 Å². The van der Waals surface area contributed by atoms with E-state index in [9.17, 15) is 9.59 Å². The number of hydrogen-bond donors (Lipinski definition) is 1. The number of carbonyl (C=O) groups is 2. The van der Waals surface area contributed by atoms with Gasteiger partial charge in [-0.05, 0) is 53.5 Å². The van der Waals surface area contributed by atoms with Crippen molar-refractivity contribution in [3.05, 3.63) is 81.5 Å². The van der Waals surface area contributed by atoms with Gasteiger partial charge in [0, 0.05) is 12.2 Å². The highest BCUT2D eigenvalue weighted by Crippen LogP contribution is 2.45. The summed E-state index contributed by atoms with van der Waals surface area (Å²) < 4.78 is 15.8. The molecule has 2 heterocycles. The number of carbonyl (C=O) groups excluding carboxylic acids is 2. The van der Waals surface area contributed by atoms with Crippen LogP contribution in [0.3, 0.4) is 0 Å². The molecule has 2 aliphatic heterocycles. The third kappa shape index (κ3) is 6.14. The standard InChI is InChI=1S/C30H35N3O5S/c1-18(2)21-8-10-22(11-9-21)28-27(29(35)38-6)19(3)32-30-33(28)23(17-39-30)16-26(34)31-14-13-20-7-12-24(36-4)25(15-20)37-5/h7-12,15,17-18,28H,13-14,16H2,1-6H3,(H,31,34). The van der Waals surface area contributed by atoms with Crippen molar-refractivity contribution in [3.63, 3.8) is 0 Å². The first-order valence-electron chi connectivity index (χ1n) is 12.9. The molecule has 206 valence electrons. The van der Waals surface area contributed by atoms with Crippen LogP contribution in [-0.2, 0) is 20.7 Å². The highest BCUT2D eigenvalue weighted by atomic mass is 32.2. The molecule has 0 aromatic heterocycles. The number of ether oxygens (including phenoxy) is 3. The Kier molecular flexibility index (Phi) is 9.01. The van der Waals surface area contributed by atoms with Gasteiger partial charge < -0.3 is 24.4 Å². The summed E-state index contributed by atoms with van der Waals surface area (Å²) in [5.41, 5.74) is 5.06. The molecule has 9 heteroatoms. The van der Waals surface area contributed by atoms with E-state index in [1.54, 1.807) is 14.2 Å². The van der Waals surface area contributed by atoms with Crippen LogP contribution in [0.15, 0.2) is 69.8 Å². The lowest BCUT2D eigenvalue weighted by Gasteiger charge is -2.36. The molecular formula is C30H35N3O5S. The lowest BCUT2D eigenvalue weighted by atomic mass is 9.92. The first kappa shape index (κ1) is 28.3. The van der Waals surface area contributed by atoms with Gasteiger partial charge in [0.05, 0.1) is 45.1 Å². The Morgan fingerprint density at radius 1 is 1.05 bits per heavy atom. The maximum Gasteiger partial charge on any atom is 0.338 e. The molecule has 8 nitrogen and oxygen atoms in total. The van der Waals surface area contributed by atoms with Crippen LogP contribution in [0, 0.1) is 0 Å². The lowest BCUT2D eigenvalue weighted by molar-refractivity contribution is -0.136. The predicted octanol–water partition coefficient (Wildman–Crippen LogP) is 5.32. The summed E-state index contributed by atoms with van der Waals surface area (Å²) in [5.74, 6) is 1.18. The minimum atomic E-state index is -0.438. The second-order valence-electron chi connectivity index (χ2n) is 9.67. The van der Waals surface area contributed by atoms with Gasteiger partial charge in [-0.3, -0.25) is 4.79 Å². The number of nitrogens with one attached hydrogen (secondary N) is 1. The smallest absolute Gasteiger partial charge is 0.338 e. The van der Waals surface area contributed by atoms with Crippen molar-refractivity contribution in [2.75, 3.05) is 27.9 Å². The van der Waals surface area contributed by atoms with Crippen molar-refractivity contribution in [2.24, 2.45) is 4.99 Å². The first-order chi connectivity index (χ1) is 18.8. The zero-order valence-electron chi connectivity index (χ0n) is 23.2. The third-order valence-electron chi connectivity index (χ3n) is 6.85. The number of esters is 1. The van der Waals surface area contributed by atoms with Crippen molar-refractivity contribution < 1.29 is 23.8 Å². The van der Waals surface area contributed by atoms with Gasteiger partial charge in [-0.2, -0.15) is 0 Å². The summed E-state index contributed by atoms with van der Waals surface area (Å²) in [4.78, 5) is 32.6. The van der Waals surface area contributed by atoms with Crippen LogP contribution in [0.1, 0.15) is 55.8 Å². The number of benzene rings is 2. The molecule has 1 N–H and O–H groups in total. The summed E-state index contributed by atoms with van der Waals surface area (Å²) in [6.07, 6.45) is 0.807. The van der Waals surface area contributed by atoms with Crippen LogP contribution < -0.4 is 14.8 Å². The highest BCUT2D eigenvalue weighted by molar-refractivity contribution is 8.16. The summed E-state index contributed by atoms with van der Waals surface area (Å²) in [7, 11) is 4.58. The molecule has 0 saturated carbocycles. The van der Waals surface area contributed by atoms with Gasteiger partial charge in [-0.25, -0.2) is 9.79 Å². The number of hydrogen-bond acceptors (Lipinski definition) is 8. The van der Waals surface area contributed by atoms with Crippen molar-refractivity contribution >= 4 is 28.8 Å². The normalized spacial score (nSPS) is 16.5. The van der Waals surface area contributed by atoms with Gasteiger partial charge in [0.1, 0.15) is 0 Å². The second-order valence-corrected chi connectivity index (χ2v) is 10.5. The van der Waals surface area contributed by atoms with E-state index in [1.807, 2.05) is 47.6 Å². The Bertz CT molecular complexity index is 1330. The molecule has 1 atom stereocenters. The Morgan fingerprint density at radius 2 is 1.77 bits per heavy atom. The van der Waals surface area contributed by atoms with Crippen molar-refractivity contribution in [2.45, 2.75) is 45.6 Å². The average molecular weight is 550 g/mol. The minimum Gasteiger partial charge on any atom is -0.493 e. The first-order valence-corrected chi connectivity index (χ1v) is 13.8. The molecule has 1 unspecified atom stereocenters. The molecule has 2 aromatic rings. The SMILES string of the molecule is COC(=O)C1=C(C)N=C2SC=C(CC(=O)NCCc3ccc(OC)c(OC)c3)N2C1c1ccc(C(C)C)cc1. The fraction of sp³-hybridized carbons (Fsp3) is 0.367. The van der Waals surface area contributed by atoms with Crippen molar-refractivity contribution in [1.29, 1.82) is 0 Å². The van der Waals surface area contributed by atoms with Crippen molar-refractivity contribution in [1.82, 2.24) is 10.2 Å². The van der Waals surface area contributed by atoms with Crippen LogP contribution >= 0.6 is 11.8 Å². The Balaban J connectivity index is 1.50. The van der Waals surface area contributed by atoms with Gasteiger partial charge in [-0.15, -0.1) is 0 Å². The second kappa shape index (κ2) is 12.4. The molecule has 2 aromatic carbocycles. The summed E-state index contributed by atoms with van der Waals surface area (Å²) >= 11 is 1.46. The topological polar surface area (TPSA) is 89.5 Å². The molecule has 0 aliphatic carbocycles. The van der Waals surface area contributed by atoms with E-state index in [-0.39, 0.29) is 12.3 Å². The fourth-order valence-corrected chi connectivity index (χ4v) is 5.69. The molecule has 2 aliphatic rings. The van der Waals surface area contributed by atoms with E-state index in [1.165, 1.54) is 24.4 Å². The number of fused-ring (bicyclic) bond motifs is 1. The number of rotatable bonds is 10. The Hall–Kier alpha value is -3.72. The van der Waals surface area contributed by atoms with E-state index in [4.69, 9.17) is 14.2 Å². The van der Waals surface area contributed by atoms with E-state index in [2.05, 4.69) is 36.3 Å². The molecule has 1 amide bonds. The molecule has 0 radical (unpaired) electrons. The van der Waals surface area contributed by atoms with Crippen LogP contribution in [0.5, 0.6) is 11.5 Å². The number of allylic oxidation sites excluding steroid dienone is 1. The van der Waals surface area contributed by atoms with Crippen LogP contribution in [0.2, 0.25) is 0 Å². The number of amides is 1. The molecule has 39 heavy (non-hydrogen) atoms. The van der Waals surface area contributed by atoms with Crippen LogP contribution in [-0.4, -0.2) is 49.8 Å². The average Bonchev–Trinajstić information content (AvgIpc) is 3.33. The zero-order chi connectivity index (χ0) is 28.1. The number of methoxy groups -OCH3 is 3. The number of thioether (sulfide) groups is 1. The number of nitrogens with zero attached hydrogens (tertiary/aromatic N) is 2. The van der Waals surface area contributed by atoms with Crippen molar-refractivity contribution in [3.8, 4) is 11.5 Å². The van der Waals surface area contributed by atoms with E-state index in [0.717, 1.165) is 22.0 Å². The monoisotopic (exact) mass is 549 g/mol. The molecule has 0 spiro atoms. The quantitative estimate of drug-likeness (QED) is 0.401. The largest absolute Gasteiger partial charge is 0.493 e. The molecule has 0 fully saturated rings. The van der Waals surface area contributed by atoms with Gasteiger partial charge in [-0.1, -0.05) is 55.9 Å². The highest BCUT2D eigenvalue weighted by Gasteiger charge is 2.40. The van der Waals surface area contributed by atoms with Gasteiger partial charge in [0.15, 0.2) is 16.7 Å². The summed E-state index contributed by atoms with van der Waals surface area (Å²) in [5, 5.41) is 5.70. The molecule has 4 rings (SSSR count). The van der Waals surface area contributed by atoms with E-state index < -0.39 is 12.0 Å². The zero-order valence-corrected chi connectivity index (χ0v) is 24.1. The number of aliphatic imine (C=N–C) groups is 1. The third-order valence-corrected chi connectivity index (χ3v) is 7.74. The summed E-state index contributed by atoms with van der Waals surface area (Å²) in [6.45, 7) is 6.59. The van der Waals surface area contributed by atoms with Gasteiger partial charge >= 0.3 is 5.97 Å². The fourth-order valence-electron chi connectivity index (χ4n) is 4.73. The lowest BCUT2D eigenvalue weighted by Crippen LogP contribution is -2.38. The maximum atomic E-state index is 13.0. The summed E-state index contributed by atoms with van der Waals surface area (Å²) in [6, 6.07) is 13.6. The van der Waals surface area contributed by atoms with Crippen LogP contribution in [0.4, 0.5) is 0 Å². The predicted molar refractivity (Wildman–Crippen MR) is 154 cm³/mol. The van der Waals surface area contributed by atoms with E-state index >= 15 is 0 Å². The Morgan fingerprint density at radius 3 is 2.41 bits per heavy atom. The van der Waals surface area contributed by atoms with E-state index in [0.29, 0.717) is 41.7 Å². The maximum absolute atomic E-state index is 13.0. The molecule has 0 bridgehead atoms. The number of amidine groups is 1. The molecule has 0 saturated heterocycles. The van der Waals surface area contributed by atoms with Crippen LogP contribution in [0.25, 0.3) is 0 Å². The van der Waals surface area contributed by atoms with Gasteiger partial charge in [0.2, 0.25) is 5.91 Å². The minimum absolute atomic E-state index is 0.108. The Labute approximate surface area is 234 Å².